The summed E-state index contributed by atoms with van der Waals surface area (Å²) >= 11 is 0. The highest BCUT2D eigenvalue weighted by atomic mass is 16.5. The Hall–Kier alpha value is -0.830. The first-order valence-corrected chi connectivity index (χ1v) is 5.02. The summed E-state index contributed by atoms with van der Waals surface area (Å²) in [5.41, 5.74) is 2.17. The van der Waals surface area contributed by atoms with Crippen LogP contribution in [0.4, 0.5) is 0 Å². The van der Waals surface area contributed by atoms with Gasteiger partial charge in [0.05, 0.1) is 5.71 Å². The Morgan fingerprint density at radius 1 is 1.36 bits per heavy atom. The van der Waals surface area contributed by atoms with Crippen molar-refractivity contribution in [1.29, 1.82) is 0 Å². The van der Waals surface area contributed by atoms with Crippen LogP contribution in [0.25, 0.3) is 0 Å². The van der Waals surface area contributed by atoms with Crippen LogP contribution in [0.1, 0.15) is 39.5 Å². The topological polar surface area (TPSA) is 41.8 Å². The zero-order valence-corrected chi connectivity index (χ0v) is 9.42. The predicted molar refractivity (Wildman–Crippen MR) is 59.0 cm³/mol. The second-order valence-electron chi connectivity index (χ2n) is 3.58. The van der Waals surface area contributed by atoms with Gasteiger partial charge in [-0.15, -0.1) is 0 Å². The van der Waals surface area contributed by atoms with Crippen LogP contribution >= 0.6 is 0 Å². The van der Waals surface area contributed by atoms with Gasteiger partial charge in [0.2, 0.25) is 0 Å². The fourth-order valence-corrected chi connectivity index (χ4v) is 1.17. The van der Waals surface area contributed by atoms with E-state index in [1.165, 1.54) is 5.57 Å². The molecule has 0 saturated carbocycles. The Morgan fingerprint density at radius 2 is 2.07 bits per heavy atom. The first-order valence-electron chi connectivity index (χ1n) is 5.02. The van der Waals surface area contributed by atoms with Gasteiger partial charge in [0.25, 0.3) is 0 Å². The van der Waals surface area contributed by atoms with E-state index in [2.05, 4.69) is 25.1 Å². The average Bonchev–Trinajstić information content (AvgIpc) is 2.15. The van der Waals surface area contributed by atoms with Crippen molar-refractivity contribution in [3.8, 4) is 0 Å². The SMILES string of the molecule is COCCC/C(CCC=C(C)C)=N\O. The predicted octanol–water partition coefficient (Wildman–Crippen LogP) is 2.99. The number of hydrogen-bond acceptors (Lipinski definition) is 3. The third kappa shape index (κ3) is 7.80. The molecule has 0 aliphatic rings. The molecule has 1 N–H and O–H groups in total. The van der Waals surface area contributed by atoms with Crippen molar-refractivity contribution < 1.29 is 9.94 Å². The maximum Gasteiger partial charge on any atom is 0.0574 e. The molecule has 0 amide bonds. The van der Waals surface area contributed by atoms with E-state index in [9.17, 15) is 0 Å². The van der Waals surface area contributed by atoms with Crippen LogP contribution < -0.4 is 0 Å². The summed E-state index contributed by atoms with van der Waals surface area (Å²) in [4.78, 5) is 0. The van der Waals surface area contributed by atoms with Crippen molar-refractivity contribution in [1.82, 2.24) is 0 Å². The van der Waals surface area contributed by atoms with Crippen LogP contribution in [0.15, 0.2) is 16.8 Å². The second kappa shape index (κ2) is 8.75. The molecule has 0 bridgehead atoms. The maximum absolute atomic E-state index is 8.72. The number of nitrogens with zero attached hydrogens (tertiary/aromatic N) is 1. The fourth-order valence-electron chi connectivity index (χ4n) is 1.17. The Balaban J connectivity index is 3.65. The minimum Gasteiger partial charge on any atom is -0.411 e. The largest absolute Gasteiger partial charge is 0.411 e. The third-order valence-electron chi connectivity index (χ3n) is 1.94. The molecule has 0 spiro atoms. The first kappa shape index (κ1) is 13.2. The Labute approximate surface area is 86.5 Å². The lowest BCUT2D eigenvalue weighted by Crippen LogP contribution is -2.00. The molecule has 0 unspecified atom stereocenters. The molecule has 0 fully saturated rings. The number of rotatable bonds is 7. The van der Waals surface area contributed by atoms with Crippen LogP contribution in [0, 0.1) is 0 Å². The molecule has 3 heteroatoms. The van der Waals surface area contributed by atoms with Gasteiger partial charge in [0, 0.05) is 13.7 Å². The smallest absolute Gasteiger partial charge is 0.0574 e. The number of ether oxygens (including phenoxy) is 1. The monoisotopic (exact) mass is 199 g/mol. The average molecular weight is 199 g/mol. The lowest BCUT2D eigenvalue weighted by molar-refractivity contribution is 0.196. The molecule has 82 valence electrons. The van der Waals surface area contributed by atoms with Gasteiger partial charge in [-0.3, -0.25) is 0 Å². The first-order chi connectivity index (χ1) is 6.70. The van der Waals surface area contributed by atoms with Gasteiger partial charge < -0.3 is 9.94 Å². The van der Waals surface area contributed by atoms with Crippen LogP contribution in [-0.2, 0) is 4.74 Å². The Bertz CT molecular complexity index is 193. The number of allylic oxidation sites excluding steroid dienone is 2. The zero-order chi connectivity index (χ0) is 10.8. The number of oxime groups is 1. The molecule has 0 atom stereocenters. The molecular weight excluding hydrogens is 178 g/mol. The summed E-state index contributed by atoms with van der Waals surface area (Å²) in [6, 6.07) is 0. The molecule has 0 aromatic rings. The van der Waals surface area contributed by atoms with Gasteiger partial charge >= 0.3 is 0 Å². The molecule has 14 heavy (non-hydrogen) atoms. The van der Waals surface area contributed by atoms with E-state index in [0.29, 0.717) is 0 Å². The molecule has 0 aliphatic heterocycles. The second-order valence-corrected chi connectivity index (χ2v) is 3.58. The summed E-state index contributed by atoms with van der Waals surface area (Å²) < 4.78 is 4.93. The van der Waals surface area contributed by atoms with Crippen molar-refractivity contribution in [3.05, 3.63) is 11.6 Å². The van der Waals surface area contributed by atoms with Crippen LogP contribution in [0.2, 0.25) is 0 Å². The number of methoxy groups -OCH3 is 1. The van der Waals surface area contributed by atoms with E-state index < -0.39 is 0 Å². The minimum absolute atomic E-state index is 0.724. The lowest BCUT2D eigenvalue weighted by Gasteiger charge is -2.02. The van der Waals surface area contributed by atoms with Crippen LogP contribution in [-0.4, -0.2) is 24.6 Å². The van der Waals surface area contributed by atoms with Gasteiger partial charge in [-0.2, -0.15) is 0 Å². The fraction of sp³-hybridized carbons (Fsp3) is 0.727. The molecular formula is C11H21NO2. The van der Waals surface area contributed by atoms with E-state index in [0.717, 1.165) is 38.0 Å². The summed E-state index contributed by atoms with van der Waals surface area (Å²) in [6.45, 7) is 4.86. The van der Waals surface area contributed by atoms with E-state index >= 15 is 0 Å². The Morgan fingerprint density at radius 3 is 2.57 bits per heavy atom. The quantitative estimate of drug-likeness (QED) is 0.225. The van der Waals surface area contributed by atoms with Crippen molar-refractivity contribution in [2.45, 2.75) is 39.5 Å². The molecule has 0 aromatic heterocycles. The standard InChI is InChI=1S/C11H21NO2/c1-10(2)6-4-7-11(12-13)8-5-9-14-3/h6,13H,4-5,7-9H2,1-3H3/b12-11-. The van der Waals surface area contributed by atoms with Gasteiger partial charge in [0.15, 0.2) is 0 Å². The van der Waals surface area contributed by atoms with Crippen LogP contribution in [0.3, 0.4) is 0 Å². The van der Waals surface area contributed by atoms with E-state index in [-0.39, 0.29) is 0 Å². The maximum atomic E-state index is 8.72. The third-order valence-corrected chi connectivity index (χ3v) is 1.94. The van der Waals surface area contributed by atoms with E-state index in [4.69, 9.17) is 9.94 Å². The van der Waals surface area contributed by atoms with Crippen molar-refractivity contribution in [2.24, 2.45) is 5.16 Å². The van der Waals surface area contributed by atoms with Crippen molar-refractivity contribution in [2.75, 3.05) is 13.7 Å². The zero-order valence-electron chi connectivity index (χ0n) is 9.42. The van der Waals surface area contributed by atoms with E-state index in [1.54, 1.807) is 7.11 Å². The molecule has 0 aliphatic carbocycles. The summed E-state index contributed by atoms with van der Waals surface area (Å²) in [7, 11) is 1.68. The molecule has 0 heterocycles. The highest BCUT2D eigenvalue weighted by Crippen LogP contribution is 2.04. The highest BCUT2D eigenvalue weighted by Gasteiger charge is 1.99. The van der Waals surface area contributed by atoms with Gasteiger partial charge in [-0.05, 0) is 39.5 Å². The van der Waals surface area contributed by atoms with Crippen LogP contribution in [0.5, 0.6) is 0 Å². The minimum atomic E-state index is 0.724. The molecule has 0 aromatic carbocycles. The summed E-state index contributed by atoms with van der Waals surface area (Å²) in [6.07, 6.45) is 5.69. The highest BCUT2D eigenvalue weighted by molar-refractivity contribution is 5.83. The molecule has 0 rings (SSSR count). The normalized spacial score (nSPS) is 11.5. The lowest BCUT2D eigenvalue weighted by atomic mass is 10.1. The molecule has 0 saturated heterocycles. The molecule has 0 radical (unpaired) electrons. The molecule has 3 nitrogen and oxygen atoms in total. The van der Waals surface area contributed by atoms with Gasteiger partial charge in [0.1, 0.15) is 0 Å². The summed E-state index contributed by atoms with van der Waals surface area (Å²) in [5.74, 6) is 0. The van der Waals surface area contributed by atoms with Gasteiger partial charge in [-0.1, -0.05) is 16.8 Å². The number of hydrogen-bond donors (Lipinski definition) is 1. The van der Waals surface area contributed by atoms with Crippen molar-refractivity contribution >= 4 is 5.71 Å². The van der Waals surface area contributed by atoms with Gasteiger partial charge in [-0.25, -0.2) is 0 Å². The van der Waals surface area contributed by atoms with E-state index in [1.807, 2.05) is 0 Å². The summed E-state index contributed by atoms with van der Waals surface area (Å²) in [5, 5.41) is 12.0. The van der Waals surface area contributed by atoms with Crippen molar-refractivity contribution in [3.63, 3.8) is 0 Å². The Kier molecular flexibility index (Phi) is 8.24.